The molecule has 7 nitrogen and oxygen atoms in total. The van der Waals surface area contributed by atoms with Gasteiger partial charge in [-0.1, -0.05) is 23.7 Å². The lowest BCUT2D eigenvalue weighted by Crippen LogP contribution is -2.52. The molecule has 24 heavy (non-hydrogen) atoms. The second kappa shape index (κ2) is 7.38. The number of hydrazone groups is 1. The molecule has 1 amide bonds. The van der Waals surface area contributed by atoms with Crippen LogP contribution in [0.25, 0.3) is 0 Å². The number of morpholine rings is 1. The van der Waals surface area contributed by atoms with E-state index in [1.165, 1.54) is 12.8 Å². The van der Waals surface area contributed by atoms with Crippen molar-refractivity contribution in [2.24, 2.45) is 22.7 Å². The Kier molecular flexibility index (Phi) is 5.23. The van der Waals surface area contributed by atoms with Crippen LogP contribution in [0.3, 0.4) is 0 Å². The van der Waals surface area contributed by atoms with E-state index in [-0.39, 0.29) is 18.4 Å². The van der Waals surface area contributed by atoms with E-state index in [9.17, 15) is 4.79 Å². The second-order valence-electron chi connectivity index (χ2n) is 6.25. The molecular formula is C16H22ClN5O2. The molecule has 2 aliphatic rings. The Labute approximate surface area is 145 Å². The lowest BCUT2D eigenvalue weighted by molar-refractivity contribution is -0.159. The number of nitrogens with zero attached hydrogens (tertiary/aromatic N) is 2. The van der Waals surface area contributed by atoms with E-state index < -0.39 is 6.10 Å². The van der Waals surface area contributed by atoms with Crippen molar-refractivity contribution in [1.82, 2.24) is 10.3 Å². The molecule has 1 heterocycles. The second-order valence-corrected chi connectivity index (χ2v) is 6.68. The number of amides is 1. The summed E-state index contributed by atoms with van der Waals surface area (Å²) in [6.45, 7) is 1.17. The summed E-state index contributed by atoms with van der Waals surface area (Å²) in [5.74, 6) is 11.5. The summed E-state index contributed by atoms with van der Waals surface area (Å²) in [4.78, 5) is 14.8. The van der Waals surface area contributed by atoms with Gasteiger partial charge in [-0.3, -0.25) is 4.79 Å². The van der Waals surface area contributed by atoms with Gasteiger partial charge in [0.25, 0.3) is 5.91 Å². The number of rotatable bonds is 5. The van der Waals surface area contributed by atoms with Crippen LogP contribution in [0.1, 0.15) is 30.9 Å². The van der Waals surface area contributed by atoms with Gasteiger partial charge >= 0.3 is 0 Å². The van der Waals surface area contributed by atoms with Crippen LogP contribution in [0.5, 0.6) is 0 Å². The molecule has 0 spiro atoms. The number of nitrogens with two attached hydrogens (primary N) is 2. The van der Waals surface area contributed by atoms with E-state index in [0.717, 1.165) is 12.1 Å². The van der Waals surface area contributed by atoms with E-state index in [1.807, 2.05) is 29.2 Å². The molecule has 1 aliphatic carbocycles. The van der Waals surface area contributed by atoms with Gasteiger partial charge in [0.2, 0.25) is 0 Å². The first kappa shape index (κ1) is 17.0. The summed E-state index contributed by atoms with van der Waals surface area (Å²) < 4.78 is 5.80. The lowest BCUT2D eigenvalue weighted by atomic mass is 10.0. The molecule has 1 saturated heterocycles. The van der Waals surface area contributed by atoms with Crippen molar-refractivity contribution in [3.8, 4) is 0 Å². The average Bonchev–Trinajstić information content (AvgIpc) is 3.41. The Hall–Kier alpha value is -1.83. The van der Waals surface area contributed by atoms with Crippen molar-refractivity contribution in [3.05, 3.63) is 34.9 Å². The molecular weight excluding hydrogens is 330 g/mol. The molecule has 1 saturated carbocycles. The van der Waals surface area contributed by atoms with Crippen molar-refractivity contribution in [1.29, 1.82) is 0 Å². The number of hydrazine groups is 1. The standard InChI is InChI=1S/C16H22ClN5O2/c17-12-5-3-11(4-6-12)13-9-24-14(7-15(20-18)21-19)16(23)22(13)8-10-1-2-10/h3-6,10,13-14H,1-2,7-9,18-19H2,(H,20,21). The summed E-state index contributed by atoms with van der Waals surface area (Å²) in [5, 5.41) is 4.21. The van der Waals surface area contributed by atoms with E-state index in [4.69, 9.17) is 28.0 Å². The molecule has 1 aliphatic heterocycles. The third-order valence-electron chi connectivity index (χ3n) is 4.50. The van der Waals surface area contributed by atoms with Crippen LogP contribution in [0.4, 0.5) is 0 Å². The van der Waals surface area contributed by atoms with Crippen molar-refractivity contribution in [2.75, 3.05) is 13.2 Å². The number of hydrogen-bond acceptors (Lipinski definition) is 5. The maximum absolute atomic E-state index is 12.9. The number of carbonyl (C=O) groups excluding carboxylic acids is 1. The van der Waals surface area contributed by atoms with E-state index in [0.29, 0.717) is 23.4 Å². The largest absolute Gasteiger partial charge is 0.365 e. The van der Waals surface area contributed by atoms with Crippen LogP contribution in [0.15, 0.2) is 29.4 Å². The van der Waals surface area contributed by atoms with Gasteiger partial charge in [-0.15, -0.1) is 0 Å². The number of benzene rings is 1. The highest BCUT2D eigenvalue weighted by Crippen LogP contribution is 2.35. The molecule has 2 atom stereocenters. The molecule has 0 radical (unpaired) electrons. The maximum atomic E-state index is 12.9. The Balaban J connectivity index is 1.78. The predicted molar refractivity (Wildman–Crippen MR) is 91.9 cm³/mol. The molecule has 0 bridgehead atoms. The average molecular weight is 352 g/mol. The molecule has 130 valence electrons. The molecule has 8 heteroatoms. The van der Waals surface area contributed by atoms with Crippen LogP contribution < -0.4 is 17.1 Å². The fraction of sp³-hybridized carbons (Fsp3) is 0.500. The molecule has 0 aromatic heterocycles. The van der Waals surface area contributed by atoms with Crippen molar-refractivity contribution < 1.29 is 9.53 Å². The quantitative estimate of drug-likeness (QED) is 0.319. The molecule has 2 fully saturated rings. The van der Waals surface area contributed by atoms with Gasteiger partial charge in [0.05, 0.1) is 12.6 Å². The first-order valence-electron chi connectivity index (χ1n) is 8.03. The van der Waals surface area contributed by atoms with Crippen LogP contribution in [0, 0.1) is 5.92 Å². The smallest absolute Gasteiger partial charge is 0.252 e. The van der Waals surface area contributed by atoms with E-state index >= 15 is 0 Å². The first-order chi connectivity index (χ1) is 11.6. The summed E-state index contributed by atoms with van der Waals surface area (Å²) in [5.41, 5.74) is 3.42. The maximum Gasteiger partial charge on any atom is 0.252 e. The van der Waals surface area contributed by atoms with Crippen LogP contribution in [-0.2, 0) is 9.53 Å². The summed E-state index contributed by atoms with van der Waals surface area (Å²) in [6.07, 6.45) is 1.95. The topological polar surface area (TPSA) is 106 Å². The zero-order valence-corrected chi connectivity index (χ0v) is 14.1. The summed E-state index contributed by atoms with van der Waals surface area (Å²) in [6, 6.07) is 7.45. The number of ether oxygens (including phenoxy) is 1. The minimum absolute atomic E-state index is 0.0514. The fourth-order valence-corrected chi connectivity index (χ4v) is 3.06. The van der Waals surface area contributed by atoms with Gasteiger partial charge in [-0.05, 0) is 36.5 Å². The van der Waals surface area contributed by atoms with E-state index in [1.54, 1.807) is 0 Å². The van der Waals surface area contributed by atoms with Crippen LogP contribution in [0.2, 0.25) is 5.02 Å². The first-order valence-corrected chi connectivity index (χ1v) is 8.41. The molecule has 3 rings (SSSR count). The number of hydrogen-bond donors (Lipinski definition) is 3. The van der Waals surface area contributed by atoms with Gasteiger partial charge < -0.3 is 20.9 Å². The van der Waals surface area contributed by atoms with Crippen LogP contribution >= 0.6 is 11.6 Å². The van der Waals surface area contributed by atoms with Gasteiger partial charge in [0, 0.05) is 18.0 Å². The highest BCUT2D eigenvalue weighted by molar-refractivity contribution is 6.30. The van der Waals surface area contributed by atoms with E-state index in [2.05, 4.69) is 10.5 Å². The van der Waals surface area contributed by atoms with Crippen LogP contribution in [-0.4, -0.2) is 35.9 Å². The van der Waals surface area contributed by atoms with Crippen molar-refractivity contribution in [2.45, 2.75) is 31.4 Å². The minimum Gasteiger partial charge on any atom is -0.365 e. The van der Waals surface area contributed by atoms with Gasteiger partial charge in [-0.2, -0.15) is 5.10 Å². The van der Waals surface area contributed by atoms with Crippen molar-refractivity contribution >= 4 is 23.3 Å². The zero-order valence-electron chi connectivity index (χ0n) is 13.3. The molecule has 2 unspecified atom stereocenters. The fourth-order valence-electron chi connectivity index (χ4n) is 2.93. The molecule has 1 aromatic rings. The number of nitrogens with one attached hydrogen (secondary N) is 1. The monoisotopic (exact) mass is 351 g/mol. The Bertz CT molecular complexity index is 617. The third-order valence-corrected chi connectivity index (χ3v) is 4.75. The molecule has 1 aromatic carbocycles. The number of carbonyl (C=O) groups is 1. The summed E-state index contributed by atoms with van der Waals surface area (Å²) in [7, 11) is 0. The summed E-state index contributed by atoms with van der Waals surface area (Å²) >= 11 is 5.97. The lowest BCUT2D eigenvalue weighted by Gasteiger charge is -2.39. The number of halogens is 1. The molecule has 5 N–H and O–H groups in total. The Morgan fingerprint density at radius 3 is 2.67 bits per heavy atom. The Morgan fingerprint density at radius 1 is 1.38 bits per heavy atom. The Morgan fingerprint density at radius 2 is 2.08 bits per heavy atom. The minimum atomic E-state index is -0.620. The van der Waals surface area contributed by atoms with Gasteiger partial charge in [0.15, 0.2) is 0 Å². The SMILES string of the molecule is N/N=C(/CC1OCC(c2ccc(Cl)cc2)N(CC2CC2)C1=O)NN. The van der Waals surface area contributed by atoms with Gasteiger partial charge in [0.1, 0.15) is 11.9 Å². The third kappa shape index (κ3) is 3.80. The normalized spacial score (nSPS) is 25.0. The predicted octanol–water partition coefficient (Wildman–Crippen LogP) is 1.14. The highest BCUT2D eigenvalue weighted by atomic mass is 35.5. The zero-order chi connectivity index (χ0) is 17.1. The number of amidine groups is 1. The van der Waals surface area contributed by atoms with Crippen molar-refractivity contribution in [3.63, 3.8) is 0 Å². The highest BCUT2D eigenvalue weighted by Gasteiger charge is 2.40. The van der Waals surface area contributed by atoms with Gasteiger partial charge in [-0.25, -0.2) is 5.84 Å².